The molecule has 3 aromatic heterocycles. The fraction of sp³-hybridized carbons (Fsp3) is 0.509. The molecule has 6 aliphatic heterocycles. The summed E-state index contributed by atoms with van der Waals surface area (Å²) >= 11 is 0. The molecule has 3 N–H and O–H groups in total. The third-order valence-electron chi connectivity index (χ3n) is 17.5. The summed E-state index contributed by atoms with van der Waals surface area (Å²) in [5.74, 6) is 1.99. The summed E-state index contributed by atoms with van der Waals surface area (Å²) in [5, 5.41) is 17.8. The number of benzene rings is 3. The Kier molecular flexibility index (Phi) is 13.6. The summed E-state index contributed by atoms with van der Waals surface area (Å²) in [4.78, 5) is 61.1. The molecule has 9 heterocycles. The molecule has 12 rings (SSSR count). The number of imide groups is 1. The van der Waals surface area contributed by atoms with Crippen molar-refractivity contribution in [3.05, 3.63) is 76.1 Å². The van der Waals surface area contributed by atoms with Gasteiger partial charge in [-0.05, 0) is 144 Å². The number of amides is 2. The summed E-state index contributed by atoms with van der Waals surface area (Å²) in [5.41, 5.74) is 0.572. The maximum absolute atomic E-state index is 17.0. The van der Waals surface area contributed by atoms with Crippen molar-refractivity contribution >= 4 is 56.0 Å². The first-order valence-corrected chi connectivity index (χ1v) is 27.2. The molecule has 16 nitrogen and oxygen atoms in total. The lowest BCUT2D eigenvalue weighted by Crippen LogP contribution is -2.51. The number of aromatic nitrogens is 5. The number of piperazine rings is 1. The zero-order chi connectivity index (χ0) is 52.4. The van der Waals surface area contributed by atoms with Crippen LogP contribution in [0.5, 0.6) is 11.8 Å². The SMILES string of the molecule is C#Cc1c(F)ccc2cc(O)cc(-c3ncc4c(N5CC6CCC(C5)N6)nc(OCCN5CCC(CN6CCC(CC7CCN(c8ccc9c(c8F)n(C)c(=O)n9C8CCC(=O)NC8=O)CC7)CC6)CC5)nc4c3F)c12. The lowest BCUT2D eigenvalue weighted by molar-refractivity contribution is -0.135. The van der Waals surface area contributed by atoms with Crippen LogP contribution in [0.15, 0.2) is 47.4 Å². The predicted octanol–water partition coefficient (Wildman–Crippen LogP) is 6.63. The number of aryl methyl sites for hydroxylation is 1. The van der Waals surface area contributed by atoms with Crippen molar-refractivity contribution in [3.63, 3.8) is 0 Å². The number of fused-ring (bicyclic) bond motifs is 5. The summed E-state index contributed by atoms with van der Waals surface area (Å²) < 4.78 is 57.2. The van der Waals surface area contributed by atoms with Gasteiger partial charge < -0.3 is 29.9 Å². The van der Waals surface area contributed by atoms with Crippen LogP contribution in [0, 0.1) is 47.5 Å². The predicted molar refractivity (Wildman–Crippen MR) is 284 cm³/mol. The maximum atomic E-state index is 17.0. The Labute approximate surface area is 438 Å². The monoisotopic (exact) mass is 1040 g/mol. The molecule has 2 amide bonds. The molecular weight excluding hydrogens is 976 g/mol. The molecule has 2 bridgehead atoms. The molecule has 6 aliphatic rings. The van der Waals surface area contributed by atoms with E-state index in [-0.39, 0.29) is 63.7 Å². The zero-order valence-electron chi connectivity index (χ0n) is 42.9. The number of hydrogen-bond acceptors (Lipinski definition) is 13. The molecule has 19 heteroatoms. The van der Waals surface area contributed by atoms with Crippen LogP contribution in [-0.4, -0.2) is 135 Å². The van der Waals surface area contributed by atoms with Gasteiger partial charge in [-0.15, -0.1) is 6.42 Å². The molecule has 0 spiro atoms. The topological polar surface area (TPSA) is 166 Å². The van der Waals surface area contributed by atoms with E-state index in [1.807, 2.05) is 0 Å². The van der Waals surface area contributed by atoms with E-state index in [2.05, 4.69) is 46.1 Å². The Morgan fingerprint density at radius 3 is 2.25 bits per heavy atom. The lowest BCUT2D eigenvalue weighted by Gasteiger charge is -2.39. The van der Waals surface area contributed by atoms with E-state index in [4.69, 9.17) is 16.1 Å². The van der Waals surface area contributed by atoms with Gasteiger partial charge in [-0.2, -0.15) is 9.97 Å². The van der Waals surface area contributed by atoms with Crippen LogP contribution in [0.3, 0.4) is 0 Å². The van der Waals surface area contributed by atoms with Crippen molar-refractivity contribution in [2.24, 2.45) is 24.8 Å². The highest BCUT2D eigenvalue weighted by Gasteiger charge is 2.36. The number of nitrogens with zero attached hydrogens (tertiary/aromatic N) is 9. The minimum absolute atomic E-state index is 0.0278. The molecule has 3 aromatic carbocycles. The van der Waals surface area contributed by atoms with E-state index in [1.165, 1.54) is 59.7 Å². The van der Waals surface area contributed by atoms with Crippen molar-refractivity contribution in [2.75, 3.05) is 81.9 Å². The average molecular weight is 1040 g/mol. The fourth-order valence-corrected chi connectivity index (χ4v) is 13.4. The lowest BCUT2D eigenvalue weighted by atomic mass is 9.82. The smallest absolute Gasteiger partial charge is 0.329 e. The van der Waals surface area contributed by atoms with E-state index in [1.54, 1.807) is 18.3 Å². The molecule has 0 radical (unpaired) electrons. The number of aromatic hydroxyl groups is 1. The summed E-state index contributed by atoms with van der Waals surface area (Å²) in [7, 11) is 1.53. The third kappa shape index (κ3) is 9.50. The van der Waals surface area contributed by atoms with E-state index in [0.29, 0.717) is 83.9 Å². The standard InChI is InChI=1S/C57H64F3N11O5/c1-3-40-43(58)7-4-36-27-39(72)28-41(48(36)40)51-50(60)52-42(29-61-51)54(70-31-37-5-6-38(32-70)62-37)65-56(64-52)76-25-24-67-18-14-35(15-19-67)30-68-20-12-33(13-21-68)26-34-16-22-69(23-17-34)44-8-9-45-53(49(44)59)66(2)57(75)71(45)46-10-11-47(73)63-55(46)74/h1,4,7-9,27-29,33-35,37-38,46,62,72H,5-6,10-26,30-32H2,2H3,(H,63,73,74). The van der Waals surface area contributed by atoms with Crippen molar-refractivity contribution in [1.29, 1.82) is 0 Å². The van der Waals surface area contributed by atoms with E-state index >= 15 is 13.2 Å². The fourth-order valence-electron chi connectivity index (χ4n) is 13.4. The highest BCUT2D eigenvalue weighted by Crippen LogP contribution is 2.40. The molecule has 3 atom stereocenters. The minimum Gasteiger partial charge on any atom is -0.508 e. The quantitative estimate of drug-likeness (QED) is 0.0885. The van der Waals surface area contributed by atoms with Gasteiger partial charge in [-0.3, -0.25) is 33.9 Å². The van der Waals surface area contributed by atoms with Crippen LogP contribution >= 0.6 is 0 Å². The van der Waals surface area contributed by atoms with Gasteiger partial charge in [0.1, 0.15) is 46.8 Å². The number of carbonyl (C=O) groups is 2. The number of rotatable bonds is 12. The first kappa shape index (κ1) is 50.1. The van der Waals surface area contributed by atoms with Gasteiger partial charge in [-0.25, -0.2) is 18.0 Å². The van der Waals surface area contributed by atoms with Gasteiger partial charge in [0.25, 0.3) is 0 Å². The zero-order valence-corrected chi connectivity index (χ0v) is 42.9. The number of phenols is 1. The number of pyridine rings is 1. The number of carbonyl (C=O) groups excluding carboxylic acids is 2. The summed E-state index contributed by atoms with van der Waals surface area (Å²) in [6.45, 7) is 9.14. The van der Waals surface area contributed by atoms with Crippen LogP contribution in [0.1, 0.15) is 82.2 Å². The van der Waals surface area contributed by atoms with Crippen molar-refractivity contribution in [1.82, 2.24) is 44.5 Å². The van der Waals surface area contributed by atoms with Crippen molar-refractivity contribution in [2.45, 2.75) is 88.8 Å². The number of imidazole rings is 1. The Bertz CT molecular complexity index is 3340. The molecule has 6 saturated heterocycles. The Hall–Kier alpha value is -6.75. The number of piperidine rings is 4. The van der Waals surface area contributed by atoms with Gasteiger partial charge in [0.15, 0.2) is 11.6 Å². The van der Waals surface area contributed by atoms with Gasteiger partial charge in [0.05, 0.1) is 22.2 Å². The number of anilines is 2. The van der Waals surface area contributed by atoms with E-state index in [0.717, 1.165) is 84.3 Å². The van der Waals surface area contributed by atoms with Gasteiger partial charge in [-0.1, -0.05) is 12.0 Å². The highest BCUT2D eigenvalue weighted by atomic mass is 19.1. The molecule has 3 unspecified atom stereocenters. The number of hydrogen-bond donors (Lipinski definition) is 3. The number of halogens is 3. The maximum Gasteiger partial charge on any atom is 0.329 e. The minimum atomic E-state index is -0.859. The van der Waals surface area contributed by atoms with Gasteiger partial charge >= 0.3 is 11.7 Å². The van der Waals surface area contributed by atoms with E-state index < -0.39 is 35.1 Å². The largest absolute Gasteiger partial charge is 0.508 e. The van der Waals surface area contributed by atoms with Crippen molar-refractivity contribution < 1.29 is 32.6 Å². The van der Waals surface area contributed by atoms with Gasteiger partial charge in [0, 0.05) is 82.0 Å². The van der Waals surface area contributed by atoms with Crippen LogP contribution in [0.4, 0.5) is 24.7 Å². The van der Waals surface area contributed by atoms with Crippen LogP contribution < -0.4 is 30.9 Å². The number of ether oxygens (including phenoxy) is 1. The van der Waals surface area contributed by atoms with Crippen LogP contribution in [-0.2, 0) is 16.6 Å². The first-order chi connectivity index (χ1) is 36.9. The number of nitrogens with one attached hydrogen (secondary N) is 2. The second-order valence-corrected chi connectivity index (χ2v) is 22.2. The van der Waals surface area contributed by atoms with E-state index in [9.17, 15) is 19.5 Å². The summed E-state index contributed by atoms with van der Waals surface area (Å²) in [6, 6.07) is 8.81. The molecule has 76 heavy (non-hydrogen) atoms. The Morgan fingerprint density at radius 2 is 1.53 bits per heavy atom. The molecule has 398 valence electrons. The molecular formula is C57H64F3N11O5. The van der Waals surface area contributed by atoms with Crippen LogP contribution in [0.2, 0.25) is 0 Å². The second kappa shape index (κ2) is 20.7. The van der Waals surface area contributed by atoms with Gasteiger partial charge in [0.2, 0.25) is 11.8 Å². The number of terminal acetylenes is 1. The van der Waals surface area contributed by atoms with Crippen LogP contribution in [0.25, 0.3) is 44.0 Å². The molecule has 0 saturated carbocycles. The normalized spacial score (nSPS) is 22.5. The molecule has 6 fully saturated rings. The molecule has 6 aromatic rings. The van der Waals surface area contributed by atoms with Crippen molar-refractivity contribution in [3.8, 4) is 35.4 Å². The highest BCUT2D eigenvalue weighted by molar-refractivity contribution is 6.03. The second-order valence-electron chi connectivity index (χ2n) is 22.2. The third-order valence-corrected chi connectivity index (χ3v) is 17.5. The average Bonchev–Trinajstić information content (AvgIpc) is 3.98. The Balaban J connectivity index is 0.628. The number of phenolic OH excluding ortho intramolecular Hbond substituents is 1. The molecule has 0 aliphatic carbocycles. The number of likely N-dealkylation sites (tertiary alicyclic amines) is 2. The summed E-state index contributed by atoms with van der Waals surface area (Å²) in [6.07, 6.45) is 17.5. The Morgan fingerprint density at radius 1 is 0.816 bits per heavy atom. The first-order valence-electron chi connectivity index (χ1n) is 27.2.